The van der Waals surface area contributed by atoms with Crippen LogP contribution in [0.5, 0.6) is 5.75 Å². The number of carbonyl (C=O) groups is 1. The zero-order chi connectivity index (χ0) is 21.8. The number of likely N-dealkylation sites (tertiary alicyclic amines) is 1. The Hall–Kier alpha value is -1.61. The van der Waals surface area contributed by atoms with Crippen molar-refractivity contribution >= 4 is 15.6 Å². The first kappa shape index (κ1) is 23.1. The molecule has 0 aromatic heterocycles. The fourth-order valence-electron chi connectivity index (χ4n) is 3.90. The number of rotatable bonds is 10. The number of piperidine rings is 1. The van der Waals surface area contributed by atoms with Crippen LogP contribution in [0.1, 0.15) is 55.3 Å². The van der Waals surface area contributed by atoms with E-state index in [9.17, 15) is 26.4 Å². The Morgan fingerprint density at radius 3 is 2.27 bits per heavy atom. The van der Waals surface area contributed by atoms with E-state index in [4.69, 9.17) is 0 Å². The first-order valence-electron chi connectivity index (χ1n) is 10.5. The van der Waals surface area contributed by atoms with Gasteiger partial charge in [0.2, 0.25) is 0 Å². The van der Waals surface area contributed by atoms with Crippen molar-refractivity contribution in [2.24, 2.45) is 5.92 Å². The summed E-state index contributed by atoms with van der Waals surface area (Å²) in [7, 11) is -2.88. The van der Waals surface area contributed by atoms with Gasteiger partial charge in [-0.05, 0) is 88.3 Å². The van der Waals surface area contributed by atoms with Gasteiger partial charge in [0.1, 0.15) is 5.75 Å². The van der Waals surface area contributed by atoms with Crippen LogP contribution in [0.2, 0.25) is 0 Å². The largest absolute Gasteiger partial charge is 0.573 e. The molecule has 3 rings (SSSR count). The van der Waals surface area contributed by atoms with Crippen LogP contribution in [-0.2, 0) is 9.84 Å². The van der Waals surface area contributed by atoms with Gasteiger partial charge < -0.3 is 9.64 Å². The van der Waals surface area contributed by atoms with Gasteiger partial charge in [-0.1, -0.05) is 0 Å². The standard InChI is InChI=1S/C21H28F3NO4S/c22-21(23,24)29-18-5-3-17(4-6-18)20(26)9-2-16-10-13-25(14-11-16)12-1-15-30(27,28)19-7-8-19/h3-6,16,19H,1-2,7-15H2. The zero-order valence-corrected chi connectivity index (χ0v) is 17.7. The van der Waals surface area contributed by atoms with Crippen LogP contribution in [0.15, 0.2) is 24.3 Å². The number of benzene rings is 1. The van der Waals surface area contributed by atoms with Gasteiger partial charge in [0.15, 0.2) is 15.6 Å². The first-order chi connectivity index (χ1) is 14.1. The van der Waals surface area contributed by atoms with Crippen molar-refractivity contribution in [3.8, 4) is 5.75 Å². The topological polar surface area (TPSA) is 63.7 Å². The molecular weight excluding hydrogens is 419 g/mol. The highest BCUT2D eigenvalue weighted by Gasteiger charge is 2.35. The number of hydrogen-bond donors (Lipinski definition) is 0. The lowest BCUT2D eigenvalue weighted by Crippen LogP contribution is -2.35. The molecular formula is C21H28F3NO4S. The maximum atomic E-state index is 12.3. The summed E-state index contributed by atoms with van der Waals surface area (Å²) in [6.07, 6.45) is 0.632. The maximum Gasteiger partial charge on any atom is 0.573 e. The smallest absolute Gasteiger partial charge is 0.406 e. The first-order valence-corrected chi connectivity index (χ1v) is 12.2. The van der Waals surface area contributed by atoms with E-state index in [0.29, 0.717) is 24.3 Å². The Kier molecular flexibility index (Phi) is 7.44. The van der Waals surface area contributed by atoms with Gasteiger partial charge in [-0.2, -0.15) is 0 Å². The molecule has 30 heavy (non-hydrogen) atoms. The van der Waals surface area contributed by atoms with Gasteiger partial charge in [0.25, 0.3) is 0 Å². The highest BCUT2D eigenvalue weighted by atomic mass is 32.2. The quantitative estimate of drug-likeness (QED) is 0.503. The zero-order valence-electron chi connectivity index (χ0n) is 16.9. The summed E-state index contributed by atoms with van der Waals surface area (Å²) in [5.41, 5.74) is 0.388. The normalized spacial score (nSPS) is 19.0. The molecule has 0 bridgehead atoms. The van der Waals surface area contributed by atoms with E-state index in [0.717, 1.165) is 63.9 Å². The Morgan fingerprint density at radius 2 is 1.70 bits per heavy atom. The van der Waals surface area contributed by atoms with E-state index in [1.807, 2.05) is 0 Å². The van der Waals surface area contributed by atoms with Gasteiger partial charge >= 0.3 is 6.36 Å². The number of Topliss-reactive ketones (excluding diaryl/α,β-unsaturated/α-hetero) is 1. The number of hydrogen-bond acceptors (Lipinski definition) is 5. The summed E-state index contributed by atoms with van der Waals surface area (Å²) < 4.78 is 64.2. The predicted octanol–water partition coefficient (Wildman–Crippen LogP) is 4.23. The number of ketones is 1. The Balaban J connectivity index is 1.33. The SMILES string of the molecule is O=C(CCC1CCN(CCCS(=O)(=O)C2CC2)CC1)c1ccc(OC(F)(F)F)cc1. The second-order valence-corrected chi connectivity index (χ2v) is 10.6. The van der Waals surface area contributed by atoms with Gasteiger partial charge in [0, 0.05) is 12.0 Å². The van der Waals surface area contributed by atoms with E-state index < -0.39 is 16.2 Å². The Morgan fingerprint density at radius 1 is 1.07 bits per heavy atom. The molecule has 9 heteroatoms. The maximum absolute atomic E-state index is 12.3. The molecule has 2 fully saturated rings. The number of sulfone groups is 1. The van der Waals surface area contributed by atoms with E-state index >= 15 is 0 Å². The number of nitrogens with zero attached hydrogens (tertiary/aromatic N) is 1. The number of ether oxygens (including phenoxy) is 1. The molecule has 0 atom stereocenters. The molecule has 1 aromatic carbocycles. The molecule has 1 heterocycles. The summed E-state index contributed by atoms with van der Waals surface area (Å²) >= 11 is 0. The number of carbonyl (C=O) groups excluding carboxylic acids is 1. The molecule has 5 nitrogen and oxygen atoms in total. The van der Waals surface area contributed by atoms with Crippen molar-refractivity contribution in [3.05, 3.63) is 29.8 Å². The highest BCUT2D eigenvalue weighted by Crippen LogP contribution is 2.29. The second-order valence-electron chi connectivity index (χ2n) is 8.24. The third-order valence-corrected chi connectivity index (χ3v) is 8.18. The Labute approximate surface area is 175 Å². The summed E-state index contributed by atoms with van der Waals surface area (Å²) in [5, 5.41) is -0.0888. The number of halogens is 3. The van der Waals surface area contributed by atoms with Crippen LogP contribution in [-0.4, -0.2) is 56.1 Å². The molecule has 0 N–H and O–H groups in total. The van der Waals surface area contributed by atoms with Crippen LogP contribution in [0.3, 0.4) is 0 Å². The fraction of sp³-hybridized carbons (Fsp3) is 0.667. The van der Waals surface area contributed by atoms with Gasteiger partial charge in [-0.15, -0.1) is 13.2 Å². The van der Waals surface area contributed by atoms with Crippen molar-refractivity contribution in [1.82, 2.24) is 4.90 Å². The molecule has 1 aliphatic carbocycles. The minimum atomic E-state index is -4.74. The second kappa shape index (κ2) is 9.68. The molecule has 1 saturated heterocycles. The molecule has 1 aromatic rings. The summed E-state index contributed by atoms with van der Waals surface area (Å²) in [6, 6.07) is 5.04. The monoisotopic (exact) mass is 447 g/mol. The fourth-order valence-corrected chi connectivity index (χ4v) is 5.62. The van der Waals surface area contributed by atoms with Crippen molar-refractivity contribution < 1.29 is 31.1 Å². The lowest BCUT2D eigenvalue weighted by Gasteiger charge is -2.31. The summed E-state index contributed by atoms with van der Waals surface area (Å²) in [6.45, 7) is 2.61. The third kappa shape index (κ3) is 7.27. The summed E-state index contributed by atoms with van der Waals surface area (Å²) in [5.74, 6) is 0.296. The highest BCUT2D eigenvalue weighted by molar-refractivity contribution is 7.92. The predicted molar refractivity (Wildman–Crippen MR) is 107 cm³/mol. The van der Waals surface area contributed by atoms with E-state index in [2.05, 4.69) is 9.64 Å². The lowest BCUT2D eigenvalue weighted by atomic mass is 9.90. The van der Waals surface area contributed by atoms with E-state index in [1.165, 1.54) is 12.1 Å². The molecule has 2 aliphatic rings. The molecule has 0 unspecified atom stereocenters. The van der Waals surface area contributed by atoms with Crippen LogP contribution in [0, 0.1) is 5.92 Å². The van der Waals surface area contributed by atoms with E-state index in [1.54, 1.807) is 0 Å². The average Bonchev–Trinajstić information content (AvgIpc) is 3.52. The van der Waals surface area contributed by atoms with Gasteiger partial charge in [-0.3, -0.25) is 4.79 Å². The van der Waals surface area contributed by atoms with Crippen molar-refractivity contribution in [3.63, 3.8) is 0 Å². The van der Waals surface area contributed by atoms with Crippen molar-refractivity contribution in [1.29, 1.82) is 0 Å². The molecule has 0 spiro atoms. The number of alkyl halides is 3. The molecule has 0 radical (unpaired) electrons. The Bertz CT molecular complexity index is 812. The molecule has 168 valence electrons. The minimum absolute atomic E-state index is 0.0822. The van der Waals surface area contributed by atoms with Crippen molar-refractivity contribution in [2.75, 3.05) is 25.4 Å². The third-order valence-electron chi connectivity index (χ3n) is 5.83. The van der Waals surface area contributed by atoms with Crippen LogP contribution < -0.4 is 4.74 Å². The minimum Gasteiger partial charge on any atom is -0.406 e. The van der Waals surface area contributed by atoms with Crippen molar-refractivity contribution in [2.45, 2.75) is 56.6 Å². The van der Waals surface area contributed by atoms with E-state index in [-0.39, 0.29) is 22.5 Å². The molecule has 1 saturated carbocycles. The van der Waals surface area contributed by atoms with Crippen LogP contribution in [0.25, 0.3) is 0 Å². The van der Waals surface area contributed by atoms with Crippen LogP contribution >= 0.6 is 0 Å². The van der Waals surface area contributed by atoms with Gasteiger partial charge in [0.05, 0.1) is 11.0 Å². The molecule has 0 amide bonds. The summed E-state index contributed by atoms with van der Waals surface area (Å²) in [4.78, 5) is 14.6. The van der Waals surface area contributed by atoms with Crippen LogP contribution in [0.4, 0.5) is 13.2 Å². The lowest BCUT2D eigenvalue weighted by molar-refractivity contribution is -0.274. The average molecular weight is 448 g/mol. The molecule has 1 aliphatic heterocycles. The van der Waals surface area contributed by atoms with Gasteiger partial charge in [-0.25, -0.2) is 8.42 Å².